The molecule has 2 aromatic heterocycles. The molecule has 10 heteroatoms. The van der Waals surface area contributed by atoms with E-state index in [-0.39, 0.29) is 18.1 Å². The number of aldehydes is 1. The number of ether oxygens (including phenoxy) is 3. The van der Waals surface area contributed by atoms with Crippen molar-refractivity contribution in [3.63, 3.8) is 0 Å². The summed E-state index contributed by atoms with van der Waals surface area (Å²) in [6.07, 6.45) is 8.81. The van der Waals surface area contributed by atoms with E-state index in [0.717, 1.165) is 28.5 Å². The molecule has 1 saturated heterocycles. The van der Waals surface area contributed by atoms with Crippen LogP contribution in [-0.4, -0.2) is 70.0 Å². The van der Waals surface area contributed by atoms with E-state index in [1.807, 2.05) is 26.2 Å². The summed E-state index contributed by atoms with van der Waals surface area (Å²) in [5.74, 6) is 1.49. The van der Waals surface area contributed by atoms with Crippen LogP contribution in [0.1, 0.15) is 57.3 Å². The molecular formula is C33H32N4O6. The van der Waals surface area contributed by atoms with Crippen LogP contribution in [0.2, 0.25) is 0 Å². The van der Waals surface area contributed by atoms with Crippen molar-refractivity contribution in [3.8, 4) is 39.5 Å². The third kappa shape index (κ3) is 5.36. The topological polar surface area (TPSA) is 113 Å². The molecule has 0 unspecified atom stereocenters. The molecular weight excluding hydrogens is 548 g/mol. The van der Waals surface area contributed by atoms with Gasteiger partial charge in [0.1, 0.15) is 22.8 Å². The number of hydrogen-bond acceptors (Lipinski definition) is 8. The maximum absolute atomic E-state index is 13.7. The van der Waals surface area contributed by atoms with E-state index in [4.69, 9.17) is 14.2 Å². The number of aryl methyl sites for hydroxylation is 1. The van der Waals surface area contributed by atoms with E-state index in [2.05, 4.69) is 10.1 Å². The Morgan fingerprint density at radius 3 is 2.53 bits per heavy atom. The van der Waals surface area contributed by atoms with Gasteiger partial charge in [0.25, 0.3) is 5.91 Å². The molecule has 0 N–H and O–H groups in total. The molecule has 0 aliphatic carbocycles. The van der Waals surface area contributed by atoms with Crippen molar-refractivity contribution in [3.05, 3.63) is 77.9 Å². The van der Waals surface area contributed by atoms with Gasteiger partial charge < -0.3 is 19.1 Å². The van der Waals surface area contributed by atoms with Crippen molar-refractivity contribution < 1.29 is 28.6 Å². The number of amides is 1. The average molecular weight is 581 g/mol. The zero-order valence-electron chi connectivity index (χ0n) is 24.3. The molecule has 2 aliphatic heterocycles. The molecule has 1 amide bonds. The van der Waals surface area contributed by atoms with Crippen LogP contribution < -0.4 is 14.2 Å². The Bertz CT molecular complexity index is 1720. The fraction of sp³-hybridized carbons (Fsp3) is 0.303. The lowest BCUT2D eigenvalue weighted by Gasteiger charge is -2.44. The third-order valence-corrected chi connectivity index (χ3v) is 8.11. The first-order valence-corrected chi connectivity index (χ1v) is 14.2. The van der Waals surface area contributed by atoms with Crippen molar-refractivity contribution >= 4 is 18.0 Å². The van der Waals surface area contributed by atoms with Gasteiger partial charge in [-0.25, -0.2) is 0 Å². The predicted octanol–water partition coefficient (Wildman–Crippen LogP) is 5.01. The number of piperidine rings is 1. The quantitative estimate of drug-likeness (QED) is 0.281. The van der Waals surface area contributed by atoms with Gasteiger partial charge >= 0.3 is 0 Å². The van der Waals surface area contributed by atoms with Gasteiger partial charge in [-0.3, -0.25) is 24.0 Å². The molecule has 6 rings (SSSR count). The SMILES string of the molecule is CCOc1cc(C(=O)N2CCC3(CC2)CC(=O)c2cc(-c4cncc(C=O)c4)ccc2O3)cc(OC)c1-c1cnn(C)c1. The van der Waals surface area contributed by atoms with Gasteiger partial charge in [-0.15, -0.1) is 0 Å². The van der Waals surface area contributed by atoms with Crippen LogP contribution >= 0.6 is 0 Å². The van der Waals surface area contributed by atoms with E-state index >= 15 is 0 Å². The van der Waals surface area contributed by atoms with E-state index < -0.39 is 5.60 Å². The van der Waals surface area contributed by atoms with Crippen LogP contribution in [0.25, 0.3) is 22.3 Å². The van der Waals surface area contributed by atoms with Gasteiger partial charge in [0, 0.05) is 73.8 Å². The van der Waals surface area contributed by atoms with Crippen LogP contribution in [0.3, 0.4) is 0 Å². The van der Waals surface area contributed by atoms with Crippen molar-refractivity contribution in [2.24, 2.45) is 7.05 Å². The standard InChI is InChI=1S/C33H32N4O6/c1-4-42-30-14-23(13-29(41-3)31(30)25-18-35-36(2)19-25)32(40)37-9-7-33(8-10-37)15-27(39)26-12-22(5-6-28(26)43-33)24-11-21(20-38)16-34-17-24/h5-6,11-14,16-20H,4,7-10,15H2,1-3H3. The fourth-order valence-corrected chi connectivity index (χ4v) is 5.91. The smallest absolute Gasteiger partial charge is 0.254 e. The Hall–Kier alpha value is -4.99. The minimum Gasteiger partial charge on any atom is -0.496 e. The van der Waals surface area contributed by atoms with Gasteiger partial charge in [-0.05, 0) is 42.8 Å². The number of pyridine rings is 1. The summed E-state index contributed by atoms with van der Waals surface area (Å²) in [7, 11) is 3.41. The van der Waals surface area contributed by atoms with Crippen LogP contribution in [0.5, 0.6) is 17.2 Å². The zero-order chi connectivity index (χ0) is 30.1. The molecule has 1 fully saturated rings. The molecule has 0 radical (unpaired) electrons. The van der Waals surface area contributed by atoms with Gasteiger partial charge in [0.05, 0.1) is 37.5 Å². The fourth-order valence-electron chi connectivity index (χ4n) is 5.91. The molecule has 2 aliphatic rings. The first kappa shape index (κ1) is 28.1. The highest BCUT2D eigenvalue weighted by molar-refractivity contribution is 6.02. The van der Waals surface area contributed by atoms with Crippen LogP contribution in [0.15, 0.2) is 61.2 Å². The third-order valence-electron chi connectivity index (χ3n) is 8.11. The number of likely N-dealkylation sites (tertiary alicyclic amines) is 1. The highest BCUT2D eigenvalue weighted by Gasteiger charge is 2.44. The summed E-state index contributed by atoms with van der Waals surface area (Å²) < 4.78 is 19.8. The maximum atomic E-state index is 13.7. The Kier molecular flexibility index (Phi) is 7.43. The number of fused-ring (bicyclic) bond motifs is 1. The summed E-state index contributed by atoms with van der Waals surface area (Å²) in [5.41, 5.74) is 3.91. The van der Waals surface area contributed by atoms with Crippen molar-refractivity contribution in [1.82, 2.24) is 19.7 Å². The number of rotatable bonds is 7. The maximum Gasteiger partial charge on any atom is 0.254 e. The number of hydrogen-bond donors (Lipinski definition) is 0. The second-order valence-electron chi connectivity index (χ2n) is 10.9. The van der Waals surface area contributed by atoms with Gasteiger partial charge in [0.15, 0.2) is 12.1 Å². The molecule has 2 aromatic carbocycles. The highest BCUT2D eigenvalue weighted by Crippen LogP contribution is 2.42. The van der Waals surface area contributed by atoms with Crippen molar-refractivity contribution in [2.45, 2.75) is 31.8 Å². The Morgan fingerprint density at radius 1 is 1.05 bits per heavy atom. The second-order valence-corrected chi connectivity index (χ2v) is 10.9. The minimum atomic E-state index is -0.667. The number of ketones is 1. The molecule has 4 aromatic rings. The lowest BCUT2D eigenvalue weighted by atomic mass is 9.82. The van der Waals surface area contributed by atoms with Gasteiger partial charge in [-0.2, -0.15) is 5.10 Å². The molecule has 220 valence electrons. The number of Topliss-reactive ketones (excluding diaryl/α,β-unsaturated/α-hetero) is 1. The first-order valence-electron chi connectivity index (χ1n) is 14.2. The average Bonchev–Trinajstić information content (AvgIpc) is 3.46. The molecule has 10 nitrogen and oxygen atoms in total. The van der Waals surface area contributed by atoms with E-state index in [0.29, 0.717) is 66.5 Å². The lowest BCUT2D eigenvalue weighted by Crippen LogP contribution is -2.52. The number of nitrogens with zero attached hydrogens (tertiary/aromatic N) is 4. The Morgan fingerprint density at radius 2 is 1.84 bits per heavy atom. The van der Waals surface area contributed by atoms with E-state index in [9.17, 15) is 14.4 Å². The largest absolute Gasteiger partial charge is 0.496 e. The summed E-state index contributed by atoms with van der Waals surface area (Å²) in [6, 6.07) is 10.7. The van der Waals surface area contributed by atoms with Crippen LogP contribution in [-0.2, 0) is 7.05 Å². The number of carbonyl (C=O) groups excluding carboxylic acids is 3. The normalized spacial score (nSPS) is 15.5. The number of carbonyl (C=O) groups is 3. The minimum absolute atomic E-state index is 0.000499. The molecule has 0 saturated carbocycles. The molecule has 4 heterocycles. The first-order chi connectivity index (χ1) is 20.8. The summed E-state index contributed by atoms with van der Waals surface area (Å²) in [4.78, 5) is 44.1. The Balaban J connectivity index is 1.20. The number of methoxy groups -OCH3 is 1. The van der Waals surface area contributed by atoms with Crippen molar-refractivity contribution in [2.75, 3.05) is 26.8 Å². The van der Waals surface area contributed by atoms with Gasteiger partial charge in [-0.1, -0.05) is 6.07 Å². The summed E-state index contributed by atoms with van der Waals surface area (Å²) in [5, 5.41) is 4.27. The van der Waals surface area contributed by atoms with Crippen LogP contribution in [0, 0.1) is 0 Å². The highest BCUT2D eigenvalue weighted by atomic mass is 16.5. The molecule has 43 heavy (non-hydrogen) atoms. The van der Waals surface area contributed by atoms with Crippen molar-refractivity contribution in [1.29, 1.82) is 0 Å². The number of benzene rings is 2. The second kappa shape index (κ2) is 11.4. The van der Waals surface area contributed by atoms with Crippen LogP contribution in [0.4, 0.5) is 0 Å². The Labute approximate surface area is 249 Å². The van der Waals surface area contributed by atoms with Gasteiger partial charge in [0.2, 0.25) is 0 Å². The van der Waals surface area contributed by atoms with E-state index in [1.54, 1.807) is 59.4 Å². The monoisotopic (exact) mass is 580 g/mol. The molecule has 0 atom stereocenters. The molecule has 0 bridgehead atoms. The zero-order valence-corrected chi connectivity index (χ0v) is 24.3. The number of aromatic nitrogens is 3. The summed E-state index contributed by atoms with van der Waals surface area (Å²) >= 11 is 0. The molecule has 1 spiro atoms. The van der Waals surface area contributed by atoms with E-state index in [1.165, 1.54) is 6.20 Å². The lowest BCUT2D eigenvalue weighted by molar-refractivity contribution is -0.00572. The predicted molar refractivity (Wildman–Crippen MR) is 159 cm³/mol. The summed E-state index contributed by atoms with van der Waals surface area (Å²) in [6.45, 7) is 3.21.